The van der Waals surface area contributed by atoms with E-state index in [0.717, 1.165) is 0 Å². The SMILES string of the molecule is C=C(Cl)COC(=O)c1cc(S(=O)(=O)NC)cn1C. The molecule has 0 aromatic carbocycles. The maximum absolute atomic E-state index is 11.6. The quantitative estimate of drug-likeness (QED) is 0.816. The van der Waals surface area contributed by atoms with Crippen LogP contribution < -0.4 is 4.72 Å². The van der Waals surface area contributed by atoms with Gasteiger partial charge >= 0.3 is 5.97 Å². The molecule has 0 spiro atoms. The molecule has 1 aromatic rings. The third kappa shape index (κ3) is 3.34. The number of nitrogens with zero attached hydrogens (tertiary/aromatic N) is 1. The number of aryl methyl sites for hydroxylation is 1. The number of ether oxygens (including phenoxy) is 1. The second-order valence-electron chi connectivity index (χ2n) is 3.47. The van der Waals surface area contributed by atoms with Crippen molar-refractivity contribution in [2.45, 2.75) is 4.90 Å². The fourth-order valence-corrected chi connectivity index (χ4v) is 2.07. The maximum Gasteiger partial charge on any atom is 0.355 e. The number of sulfonamides is 1. The van der Waals surface area contributed by atoms with Crippen molar-refractivity contribution >= 4 is 27.6 Å². The molecule has 0 aliphatic rings. The highest BCUT2D eigenvalue weighted by atomic mass is 35.5. The van der Waals surface area contributed by atoms with E-state index in [1.165, 1.54) is 23.9 Å². The van der Waals surface area contributed by atoms with Crippen LogP contribution in [0.4, 0.5) is 0 Å². The van der Waals surface area contributed by atoms with Crippen molar-refractivity contribution in [2.75, 3.05) is 13.7 Å². The number of esters is 1. The summed E-state index contributed by atoms with van der Waals surface area (Å²) in [5.74, 6) is -0.670. The molecule has 1 rings (SSSR count). The van der Waals surface area contributed by atoms with Crippen molar-refractivity contribution in [3.8, 4) is 0 Å². The predicted molar refractivity (Wildman–Crippen MR) is 66.9 cm³/mol. The first kappa shape index (κ1) is 14.7. The normalized spacial score (nSPS) is 11.3. The Kier molecular flexibility index (Phi) is 4.55. The van der Waals surface area contributed by atoms with Crippen LogP contribution in [0.2, 0.25) is 0 Å². The molecule has 0 radical (unpaired) electrons. The van der Waals surface area contributed by atoms with E-state index >= 15 is 0 Å². The molecule has 8 heteroatoms. The summed E-state index contributed by atoms with van der Waals surface area (Å²) in [7, 11) is -0.755. The lowest BCUT2D eigenvalue weighted by Crippen LogP contribution is -2.17. The van der Waals surface area contributed by atoms with Gasteiger partial charge in [-0.25, -0.2) is 17.9 Å². The molecule has 0 bridgehead atoms. The number of hydrogen-bond donors (Lipinski definition) is 1. The predicted octanol–water partition coefficient (Wildman–Crippen LogP) is 0.843. The lowest BCUT2D eigenvalue weighted by atomic mass is 10.4. The van der Waals surface area contributed by atoms with Crippen LogP contribution in [-0.4, -0.2) is 32.6 Å². The molecule has 0 saturated carbocycles. The Bertz CT molecular complexity index is 577. The second-order valence-corrected chi connectivity index (χ2v) is 5.89. The van der Waals surface area contributed by atoms with Crippen molar-refractivity contribution in [3.63, 3.8) is 0 Å². The Balaban J connectivity index is 2.99. The standard InChI is InChI=1S/C10H13ClN2O4S/c1-7(11)6-17-10(14)9-4-8(5-13(9)3)18(15,16)12-2/h4-5,12H,1,6H2,2-3H3. The highest BCUT2D eigenvalue weighted by Gasteiger charge is 2.19. The second kappa shape index (κ2) is 5.55. The van der Waals surface area contributed by atoms with Gasteiger partial charge in [-0.1, -0.05) is 18.2 Å². The van der Waals surface area contributed by atoms with Crippen molar-refractivity contribution < 1.29 is 17.9 Å². The Hall–Kier alpha value is -1.31. The summed E-state index contributed by atoms with van der Waals surface area (Å²) < 4.78 is 31.4. The number of carbonyl (C=O) groups is 1. The monoisotopic (exact) mass is 292 g/mol. The van der Waals surface area contributed by atoms with Gasteiger partial charge in [0.1, 0.15) is 17.2 Å². The summed E-state index contributed by atoms with van der Waals surface area (Å²) >= 11 is 5.46. The van der Waals surface area contributed by atoms with Crippen molar-refractivity contribution in [1.82, 2.24) is 9.29 Å². The zero-order valence-corrected chi connectivity index (χ0v) is 11.5. The van der Waals surface area contributed by atoms with Crippen LogP contribution in [0.25, 0.3) is 0 Å². The minimum Gasteiger partial charge on any atom is -0.455 e. The molecule has 1 heterocycles. The smallest absolute Gasteiger partial charge is 0.355 e. The number of aromatic nitrogens is 1. The minimum absolute atomic E-state index is 0.0100. The largest absolute Gasteiger partial charge is 0.455 e. The molecule has 6 nitrogen and oxygen atoms in total. The van der Waals surface area contributed by atoms with Crippen molar-refractivity contribution in [1.29, 1.82) is 0 Å². The van der Waals surface area contributed by atoms with Crippen LogP contribution in [0, 0.1) is 0 Å². The van der Waals surface area contributed by atoms with E-state index < -0.39 is 16.0 Å². The average molecular weight is 293 g/mol. The van der Waals surface area contributed by atoms with Crippen LogP contribution in [-0.2, 0) is 21.8 Å². The van der Waals surface area contributed by atoms with Gasteiger partial charge in [0.25, 0.3) is 0 Å². The van der Waals surface area contributed by atoms with Gasteiger partial charge in [-0.05, 0) is 13.1 Å². The fraction of sp³-hybridized carbons (Fsp3) is 0.300. The van der Waals surface area contributed by atoms with Gasteiger partial charge in [0.15, 0.2) is 0 Å². The number of carbonyl (C=O) groups excluding carboxylic acids is 1. The van der Waals surface area contributed by atoms with Gasteiger partial charge in [0.05, 0.1) is 0 Å². The zero-order valence-electron chi connectivity index (χ0n) is 9.94. The van der Waals surface area contributed by atoms with Gasteiger partial charge in [-0.2, -0.15) is 0 Å². The first-order valence-corrected chi connectivity index (χ1v) is 6.74. The highest BCUT2D eigenvalue weighted by molar-refractivity contribution is 7.89. The molecule has 100 valence electrons. The molecule has 0 fully saturated rings. The van der Waals surface area contributed by atoms with Crippen LogP contribution in [0.3, 0.4) is 0 Å². The minimum atomic E-state index is -3.59. The molecule has 0 atom stereocenters. The van der Waals surface area contributed by atoms with Gasteiger partial charge in [0.2, 0.25) is 10.0 Å². The number of halogens is 1. The topological polar surface area (TPSA) is 77.4 Å². The van der Waals surface area contributed by atoms with Crippen LogP contribution in [0.1, 0.15) is 10.5 Å². The first-order valence-electron chi connectivity index (χ1n) is 4.88. The third-order valence-electron chi connectivity index (χ3n) is 2.13. The van der Waals surface area contributed by atoms with E-state index in [4.69, 9.17) is 16.3 Å². The summed E-state index contributed by atoms with van der Waals surface area (Å²) in [4.78, 5) is 11.6. The lowest BCUT2D eigenvalue weighted by molar-refractivity contribution is 0.0535. The van der Waals surface area contributed by atoms with E-state index in [1.807, 2.05) is 0 Å². The average Bonchev–Trinajstić information content (AvgIpc) is 2.69. The Morgan fingerprint density at radius 2 is 2.22 bits per heavy atom. The highest BCUT2D eigenvalue weighted by Crippen LogP contribution is 2.14. The maximum atomic E-state index is 11.6. The van der Waals surface area contributed by atoms with E-state index in [1.54, 1.807) is 7.05 Å². The molecule has 1 N–H and O–H groups in total. The Morgan fingerprint density at radius 3 is 2.72 bits per heavy atom. The van der Waals surface area contributed by atoms with E-state index in [9.17, 15) is 13.2 Å². The summed E-state index contributed by atoms with van der Waals surface area (Å²) in [5, 5.41) is 0.181. The summed E-state index contributed by atoms with van der Waals surface area (Å²) in [6.45, 7) is 3.25. The van der Waals surface area contributed by atoms with E-state index in [0.29, 0.717) is 0 Å². The molecular weight excluding hydrogens is 280 g/mol. The summed E-state index contributed by atoms with van der Waals surface area (Å²) in [6, 6.07) is 1.23. The van der Waals surface area contributed by atoms with Crippen LogP contribution >= 0.6 is 11.6 Å². The fourth-order valence-electron chi connectivity index (χ4n) is 1.22. The molecule has 0 aliphatic heterocycles. The molecule has 1 aromatic heterocycles. The summed E-state index contributed by atoms with van der Waals surface area (Å²) in [5.41, 5.74) is 0.113. The molecule has 0 amide bonds. The Morgan fingerprint density at radius 1 is 1.61 bits per heavy atom. The van der Waals surface area contributed by atoms with E-state index in [-0.39, 0.29) is 22.2 Å². The van der Waals surface area contributed by atoms with E-state index in [2.05, 4.69) is 11.3 Å². The van der Waals surface area contributed by atoms with Crippen LogP contribution in [0.5, 0.6) is 0 Å². The molecule has 0 aliphatic carbocycles. The molecule has 18 heavy (non-hydrogen) atoms. The van der Waals surface area contributed by atoms with Gasteiger partial charge < -0.3 is 9.30 Å². The number of rotatable bonds is 5. The Labute approximate surface area is 110 Å². The first-order chi connectivity index (χ1) is 8.27. The third-order valence-corrected chi connectivity index (χ3v) is 3.62. The summed E-state index contributed by atoms with van der Waals surface area (Å²) in [6.07, 6.45) is 1.32. The zero-order chi connectivity index (χ0) is 13.9. The molecule has 0 unspecified atom stereocenters. The van der Waals surface area contributed by atoms with Crippen LogP contribution in [0.15, 0.2) is 28.8 Å². The van der Waals surface area contributed by atoms with Crippen molar-refractivity contribution in [2.24, 2.45) is 7.05 Å². The van der Waals surface area contributed by atoms with Gasteiger partial charge in [-0.3, -0.25) is 0 Å². The lowest BCUT2D eigenvalue weighted by Gasteiger charge is -2.03. The van der Waals surface area contributed by atoms with Crippen molar-refractivity contribution in [3.05, 3.63) is 29.6 Å². The van der Waals surface area contributed by atoms with Gasteiger partial charge in [0, 0.05) is 18.3 Å². The molecule has 0 saturated heterocycles. The van der Waals surface area contributed by atoms with Gasteiger partial charge in [-0.15, -0.1) is 0 Å². The number of hydrogen-bond acceptors (Lipinski definition) is 4. The number of nitrogens with one attached hydrogen (secondary N) is 1. The molecular formula is C10H13ClN2O4S.